The molecule has 0 aromatic heterocycles. The van der Waals surface area contributed by atoms with Gasteiger partial charge in [0.25, 0.3) is 0 Å². The third-order valence-electron chi connectivity index (χ3n) is 7.04. The van der Waals surface area contributed by atoms with E-state index >= 15 is 0 Å². The largest absolute Gasteiger partial charge is 0.402 e. The maximum atomic E-state index is 11.6. The second kappa shape index (κ2) is 54.0. The average Bonchev–Trinajstić information content (AvgIpc) is 3.12. The predicted octanol–water partition coefficient (Wildman–Crippen LogP) is 25.3. The van der Waals surface area contributed by atoms with Crippen LogP contribution in [0, 0.1) is 46.3 Å². The first-order valence-electron chi connectivity index (χ1n) is 26.1. The molecule has 0 aromatic rings. The molecule has 0 aliphatic heterocycles. The molecule has 0 spiro atoms. The highest BCUT2D eigenvalue weighted by atomic mass is 19.4. The van der Waals surface area contributed by atoms with Crippen molar-refractivity contribution in [2.45, 2.75) is 295 Å². The van der Waals surface area contributed by atoms with E-state index in [0.29, 0.717) is 6.42 Å². The Morgan fingerprint density at radius 2 is 0.571 bits per heavy atom. The molecular weight excluding hydrogens is 967 g/mol. The Morgan fingerprint density at radius 1 is 0.386 bits per heavy atom. The SMILES string of the molecule is CC(C)(C(F)(F)F)C(F)(F)F.CC(C)(C)C(F)(F)F.CC(C)C.CC(C)C(F)(F)F.CCC.CCC(C)C.CCC(C)C(F)(F)F.CCCC.CCCCC.[2H]C(C)(C)C.[2H]C(C)(C)C(F)(F)F.[2H]C([2H])(C)CC. The van der Waals surface area contributed by atoms with E-state index in [0.717, 1.165) is 60.3 Å². The van der Waals surface area contributed by atoms with E-state index < -0.39 is 72.0 Å². The highest BCUT2D eigenvalue weighted by molar-refractivity contribution is 4.84. The summed E-state index contributed by atoms with van der Waals surface area (Å²) in [5, 5.41) is 0. The molecule has 0 saturated heterocycles. The number of hydrogen-bond acceptors (Lipinski definition) is 0. The van der Waals surface area contributed by atoms with Crippen LogP contribution in [0.3, 0.4) is 0 Å². The fraction of sp³-hybridized carbons (Fsp3) is 1.00. The van der Waals surface area contributed by atoms with E-state index in [1.54, 1.807) is 6.92 Å². The first-order chi connectivity index (χ1) is 31.7. The van der Waals surface area contributed by atoms with Gasteiger partial charge in [-0.15, -0.1) is 0 Å². The van der Waals surface area contributed by atoms with Gasteiger partial charge in [-0.2, -0.15) is 79.0 Å². The van der Waals surface area contributed by atoms with Gasteiger partial charge in [0.2, 0.25) is 0 Å². The number of alkyl halides is 18. The van der Waals surface area contributed by atoms with E-state index in [-0.39, 0.29) is 26.2 Å². The van der Waals surface area contributed by atoms with Crippen LogP contribution in [0.5, 0.6) is 0 Å². The summed E-state index contributed by atoms with van der Waals surface area (Å²) in [6.45, 7) is 45.4. The molecule has 0 rings (SSSR count). The maximum Gasteiger partial charge on any atom is 0.402 e. The number of halogens is 18. The van der Waals surface area contributed by atoms with Gasteiger partial charge in [0, 0.05) is 17.3 Å². The smallest absolute Gasteiger partial charge is 0.171 e. The molecule has 0 amide bonds. The van der Waals surface area contributed by atoms with E-state index in [1.165, 1.54) is 58.8 Å². The van der Waals surface area contributed by atoms with Crippen molar-refractivity contribution in [3.63, 3.8) is 0 Å². The Morgan fingerprint density at radius 3 is 0.571 bits per heavy atom. The molecule has 0 aromatic carbocycles. The van der Waals surface area contributed by atoms with Gasteiger partial charge in [-0.25, -0.2) is 0 Å². The van der Waals surface area contributed by atoms with Crippen LogP contribution in [-0.4, -0.2) is 37.1 Å². The Balaban J connectivity index is -0.0000000575. The first kappa shape index (κ1) is 85.5. The topological polar surface area (TPSA) is 0 Å². The lowest BCUT2D eigenvalue weighted by atomic mass is 9.92. The Bertz CT molecular complexity index is 1020. The first-order valence-corrected chi connectivity index (χ1v) is 24.1. The van der Waals surface area contributed by atoms with Crippen LogP contribution in [0.2, 0.25) is 0 Å². The fourth-order valence-corrected chi connectivity index (χ4v) is 0.746. The molecule has 0 fully saturated rings. The van der Waals surface area contributed by atoms with Crippen LogP contribution in [0.25, 0.3) is 0 Å². The molecule has 0 saturated carbocycles. The van der Waals surface area contributed by atoms with Gasteiger partial charge >= 0.3 is 37.1 Å². The van der Waals surface area contributed by atoms with Gasteiger partial charge in [0.05, 0.1) is 11.3 Å². The van der Waals surface area contributed by atoms with Crippen LogP contribution < -0.4 is 0 Å². The van der Waals surface area contributed by atoms with Crippen molar-refractivity contribution in [3.05, 3.63) is 0 Å². The summed E-state index contributed by atoms with van der Waals surface area (Å²) in [5.41, 5.74) is -5.19. The van der Waals surface area contributed by atoms with Gasteiger partial charge in [-0.1, -0.05) is 238 Å². The summed E-state index contributed by atoms with van der Waals surface area (Å²) in [5.74, 6) is -3.20. The van der Waals surface area contributed by atoms with Gasteiger partial charge in [-0.05, 0) is 38.0 Å². The molecule has 1 atom stereocenters. The second-order valence-electron chi connectivity index (χ2n) is 19.2. The number of rotatable bonds is 6. The van der Waals surface area contributed by atoms with Crippen LogP contribution in [0.15, 0.2) is 0 Å². The Labute approximate surface area is 425 Å². The minimum absolute atomic E-state index is 0.104. The third kappa shape index (κ3) is 108. The summed E-state index contributed by atoms with van der Waals surface area (Å²) in [6.07, 6.45) is -17.9. The molecule has 0 bridgehead atoms. The fourth-order valence-electron chi connectivity index (χ4n) is 0.746. The Kier molecular flexibility index (Phi) is 66.0. The lowest BCUT2D eigenvalue weighted by molar-refractivity contribution is -0.327. The second-order valence-corrected chi connectivity index (χ2v) is 19.2. The zero-order chi connectivity index (χ0) is 64.2. The van der Waals surface area contributed by atoms with Crippen molar-refractivity contribution in [3.8, 4) is 0 Å². The highest BCUT2D eigenvalue weighted by Gasteiger charge is 2.64. The van der Waals surface area contributed by atoms with E-state index in [9.17, 15) is 79.0 Å². The number of hydrogen-bond donors (Lipinski definition) is 0. The summed E-state index contributed by atoms with van der Waals surface area (Å²) in [6, 6.07) is 0. The minimum Gasteiger partial charge on any atom is -0.171 e. The molecule has 0 radical (unpaired) electrons. The third-order valence-corrected chi connectivity index (χ3v) is 7.04. The normalized spacial score (nSPS) is 13.2. The lowest BCUT2D eigenvalue weighted by Gasteiger charge is -2.29. The van der Waals surface area contributed by atoms with Crippen molar-refractivity contribution >= 4 is 0 Å². The van der Waals surface area contributed by atoms with Crippen molar-refractivity contribution < 1.29 is 84.5 Å². The van der Waals surface area contributed by atoms with E-state index in [1.807, 2.05) is 27.7 Å². The summed E-state index contributed by atoms with van der Waals surface area (Å²) in [7, 11) is 0. The molecule has 0 aliphatic rings. The average molecular weight is 1080 g/mol. The van der Waals surface area contributed by atoms with Crippen molar-refractivity contribution in [2.75, 3.05) is 0 Å². The molecule has 0 heterocycles. The summed E-state index contributed by atoms with van der Waals surface area (Å²) >= 11 is 0. The molecule has 1 unspecified atom stereocenters. The molecule has 0 N–H and O–H groups in total. The predicted molar refractivity (Wildman–Crippen MR) is 267 cm³/mol. The molecule has 70 heavy (non-hydrogen) atoms. The van der Waals surface area contributed by atoms with Crippen molar-refractivity contribution in [2.24, 2.45) is 46.3 Å². The zero-order valence-corrected chi connectivity index (χ0v) is 49.0. The van der Waals surface area contributed by atoms with E-state index in [2.05, 4.69) is 83.1 Å². The van der Waals surface area contributed by atoms with Crippen LogP contribution in [0.1, 0.15) is 264 Å². The van der Waals surface area contributed by atoms with Gasteiger partial charge in [-0.3, -0.25) is 0 Å². The molecule has 18 heteroatoms. The van der Waals surface area contributed by atoms with Crippen LogP contribution in [0.4, 0.5) is 79.0 Å². The summed E-state index contributed by atoms with van der Waals surface area (Å²) in [4.78, 5) is 0. The monoisotopic (exact) mass is 1080 g/mol. The Hall–Kier alpha value is -1.26. The van der Waals surface area contributed by atoms with E-state index in [4.69, 9.17) is 5.48 Å². The molecular formula is C52H110F18. The van der Waals surface area contributed by atoms with Crippen LogP contribution >= 0.6 is 0 Å². The standard InChI is InChI=1S/C5H6F6.2C5H9F3.2C5H12.2C4H7F3.4C4H10.C3H8/c1-3(2,4(6,7)8)5(9,10)11;1-4(2,3)5(6,7)8;1-3-4(2)5(6,7)8;1-4-5(2)3;1-3-5-4-2;2*1-3(2)4(5,6)7;2*1-4(2)3;2*1-3-4-2;1-3-2/h1-2H3;1-3H3;4H,3H2,1-2H3;5H,4H2,1-3H3;3-5H2,1-2H3;2*3H,1-2H3;2*4H,1-3H3;2*3-4H2,1-2H3;3H2,1-2H3/i;;;;;3D;;4D;;3D2;;. The van der Waals surface area contributed by atoms with Gasteiger partial charge in [0.15, 0.2) is 5.41 Å². The molecule has 0 aliphatic carbocycles. The van der Waals surface area contributed by atoms with Gasteiger partial charge < -0.3 is 0 Å². The molecule has 0 nitrogen and oxygen atoms in total. The van der Waals surface area contributed by atoms with Crippen LogP contribution in [-0.2, 0) is 0 Å². The zero-order valence-electron chi connectivity index (χ0n) is 53.0. The number of unbranched alkanes of at least 4 members (excludes halogenated alkanes) is 3. The maximum absolute atomic E-state index is 11.6. The summed E-state index contributed by atoms with van der Waals surface area (Å²) < 4.78 is 233. The van der Waals surface area contributed by atoms with Crippen molar-refractivity contribution in [1.82, 2.24) is 0 Å². The minimum atomic E-state index is -5.24. The van der Waals surface area contributed by atoms with Gasteiger partial charge in [0.1, 0.15) is 0 Å². The lowest BCUT2D eigenvalue weighted by Crippen LogP contribution is -2.44. The molecule has 444 valence electrons. The van der Waals surface area contributed by atoms with Crippen molar-refractivity contribution in [1.29, 1.82) is 0 Å². The quantitative estimate of drug-likeness (QED) is 0.233. The highest BCUT2D eigenvalue weighted by Crippen LogP contribution is 2.49.